The van der Waals surface area contributed by atoms with E-state index in [0.717, 1.165) is 17.4 Å². The minimum absolute atomic E-state index is 0.454. The average molecular weight is 258 g/mol. The summed E-state index contributed by atoms with van der Waals surface area (Å²) in [6.07, 6.45) is 3.68. The number of nitrogens with zero attached hydrogens (tertiary/aromatic N) is 1. The zero-order valence-electron chi connectivity index (χ0n) is 11.9. The fraction of sp³-hybridized carbons (Fsp3) is 0.562. The number of nitriles is 1. The Morgan fingerprint density at radius 3 is 2.74 bits per heavy atom. The van der Waals surface area contributed by atoms with Gasteiger partial charge in [-0.15, -0.1) is 0 Å². The van der Waals surface area contributed by atoms with E-state index in [-0.39, 0.29) is 0 Å². The molecule has 1 saturated carbocycles. The molecule has 0 bridgehead atoms. The molecule has 0 heterocycles. The van der Waals surface area contributed by atoms with E-state index in [1.54, 1.807) is 7.11 Å². The van der Waals surface area contributed by atoms with Crippen molar-refractivity contribution in [2.45, 2.75) is 39.2 Å². The highest BCUT2D eigenvalue weighted by Gasteiger charge is 2.25. The van der Waals surface area contributed by atoms with Crippen LogP contribution >= 0.6 is 0 Å². The molecule has 1 aliphatic carbocycles. The van der Waals surface area contributed by atoms with Crippen LogP contribution in [0.15, 0.2) is 18.2 Å². The zero-order valence-corrected chi connectivity index (χ0v) is 11.9. The van der Waals surface area contributed by atoms with E-state index < -0.39 is 0 Å². The van der Waals surface area contributed by atoms with Crippen molar-refractivity contribution in [3.8, 4) is 11.8 Å². The topological polar surface area (TPSA) is 45.0 Å². The van der Waals surface area contributed by atoms with Gasteiger partial charge >= 0.3 is 0 Å². The van der Waals surface area contributed by atoms with Crippen LogP contribution in [0, 0.1) is 23.2 Å². The van der Waals surface area contributed by atoms with E-state index in [1.807, 2.05) is 18.2 Å². The number of benzene rings is 1. The van der Waals surface area contributed by atoms with E-state index in [4.69, 9.17) is 4.74 Å². The van der Waals surface area contributed by atoms with Gasteiger partial charge in [0.25, 0.3) is 0 Å². The Balaban J connectivity index is 2.16. The SMILES string of the molecule is COc1ccc(C#N)c(NC2CCC(C)CC2C)c1. The smallest absolute Gasteiger partial charge is 0.121 e. The minimum Gasteiger partial charge on any atom is -0.497 e. The highest BCUT2D eigenvalue weighted by atomic mass is 16.5. The van der Waals surface area contributed by atoms with Crippen molar-refractivity contribution in [3.63, 3.8) is 0 Å². The van der Waals surface area contributed by atoms with Gasteiger partial charge in [0.05, 0.1) is 18.4 Å². The molecule has 3 nitrogen and oxygen atoms in total. The Hall–Kier alpha value is -1.69. The summed E-state index contributed by atoms with van der Waals surface area (Å²) < 4.78 is 5.24. The van der Waals surface area contributed by atoms with Crippen molar-refractivity contribution in [1.82, 2.24) is 0 Å². The van der Waals surface area contributed by atoms with Crippen molar-refractivity contribution in [2.75, 3.05) is 12.4 Å². The molecule has 1 aliphatic rings. The summed E-state index contributed by atoms with van der Waals surface area (Å²) in [4.78, 5) is 0. The standard InChI is InChI=1S/C16H22N2O/c1-11-4-7-15(12(2)8-11)18-16-9-14(19-3)6-5-13(16)10-17/h5-6,9,11-12,15,18H,4,7-8H2,1-3H3. The van der Waals surface area contributed by atoms with Crippen LogP contribution < -0.4 is 10.1 Å². The van der Waals surface area contributed by atoms with Crippen molar-refractivity contribution in [2.24, 2.45) is 11.8 Å². The molecule has 1 fully saturated rings. The highest BCUT2D eigenvalue weighted by molar-refractivity contribution is 5.61. The third kappa shape index (κ3) is 3.20. The molecule has 0 saturated heterocycles. The van der Waals surface area contributed by atoms with Gasteiger partial charge < -0.3 is 10.1 Å². The largest absolute Gasteiger partial charge is 0.497 e. The molecule has 1 N–H and O–H groups in total. The van der Waals surface area contributed by atoms with Crippen LogP contribution in [0.2, 0.25) is 0 Å². The Morgan fingerprint density at radius 1 is 1.32 bits per heavy atom. The number of methoxy groups -OCH3 is 1. The Labute approximate surface area is 115 Å². The molecule has 0 spiro atoms. The fourth-order valence-corrected chi connectivity index (χ4v) is 2.95. The van der Waals surface area contributed by atoms with Crippen LogP contribution in [0.3, 0.4) is 0 Å². The molecule has 0 amide bonds. The maximum atomic E-state index is 9.19. The van der Waals surface area contributed by atoms with Crippen molar-refractivity contribution >= 4 is 5.69 Å². The van der Waals surface area contributed by atoms with Crippen LogP contribution in [0.4, 0.5) is 5.69 Å². The third-order valence-corrected chi connectivity index (χ3v) is 4.12. The molecule has 3 heteroatoms. The van der Waals surface area contributed by atoms with Gasteiger partial charge in [-0.2, -0.15) is 5.26 Å². The van der Waals surface area contributed by atoms with Gasteiger partial charge in [-0.3, -0.25) is 0 Å². The molecule has 0 aliphatic heterocycles. The van der Waals surface area contributed by atoms with Crippen molar-refractivity contribution in [3.05, 3.63) is 23.8 Å². The first-order chi connectivity index (χ1) is 9.13. The normalized spacial score (nSPS) is 26.5. The fourth-order valence-electron chi connectivity index (χ4n) is 2.95. The number of ether oxygens (including phenoxy) is 1. The number of rotatable bonds is 3. The number of hydrogen-bond acceptors (Lipinski definition) is 3. The molecule has 1 aromatic rings. The molecule has 2 rings (SSSR count). The van der Waals surface area contributed by atoms with Crippen LogP contribution in [0.1, 0.15) is 38.7 Å². The van der Waals surface area contributed by atoms with Gasteiger partial charge in [0.1, 0.15) is 11.8 Å². The number of nitrogens with one attached hydrogen (secondary N) is 1. The maximum Gasteiger partial charge on any atom is 0.121 e. The van der Waals surface area contributed by atoms with Gasteiger partial charge in [-0.1, -0.05) is 13.8 Å². The lowest BCUT2D eigenvalue weighted by molar-refractivity contribution is 0.276. The van der Waals surface area contributed by atoms with Gasteiger partial charge in [-0.25, -0.2) is 0 Å². The first kappa shape index (κ1) is 13.7. The first-order valence-electron chi connectivity index (χ1n) is 6.98. The average Bonchev–Trinajstić information content (AvgIpc) is 2.41. The number of hydrogen-bond donors (Lipinski definition) is 1. The monoisotopic (exact) mass is 258 g/mol. The van der Waals surface area contributed by atoms with Crippen LogP contribution in [0.5, 0.6) is 5.75 Å². The first-order valence-corrected chi connectivity index (χ1v) is 6.98. The summed E-state index contributed by atoms with van der Waals surface area (Å²) in [6, 6.07) is 8.26. The summed E-state index contributed by atoms with van der Waals surface area (Å²) in [7, 11) is 1.65. The second kappa shape index (κ2) is 5.97. The summed E-state index contributed by atoms with van der Waals surface area (Å²) in [5.41, 5.74) is 1.58. The van der Waals surface area contributed by atoms with Gasteiger partial charge in [0.15, 0.2) is 0 Å². The summed E-state index contributed by atoms with van der Waals surface area (Å²) in [5.74, 6) is 2.24. The van der Waals surface area contributed by atoms with Crippen LogP contribution in [-0.4, -0.2) is 13.2 Å². The van der Waals surface area contributed by atoms with Crippen molar-refractivity contribution in [1.29, 1.82) is 5.26 Å². The molecular weight excluding hydrogens is 236 g/mol. The number of anilines is 1. The molecule has 3 atom stereocenters. The molecule has 102 valence electrons. The Kier molecular flexibility index (Phi) is 4.31. The second-order valence-electron chi connectivity index (χ2n) is 5.67. The van der Waals surface area contributed by atoms with Gasteiger partial charge in [0.2, 0.25) is 0 Å². The molecule has 0 radical (unpaired) electrons. The predicted molar refractivity (Wildman–Crippen MR) is 77.3 cm³/mol. The van der Waals surface area contributed by atoms with Crippen molar-refractivity contribution < 1.29 is 4.74 Å². The maximum absolute atomic E-state index is 9.19. The summed E-state index contributed by atoms with van der Waals surface area (Å²) in [5, 5.41) is 12.7. The van der Waals surface area contributed by atoms with Gasteiger partial charge in [-0.05, 0) is 43.2 Å². The minimum atomic E-state index is 0.454. The van der Waals surface area contributed by atoms with Crippen LogP contribution in [0.25, 0.3) is 0 Å². The van der Waals surface area contributed by atoms with E-state index in [9.17, 15) is 5.26 Å². The quantitative estimate of drug-likeness (QED) is 0.896. The highest BCUT2D eigenvalue weighted by Crippen LogP contribution is 2.32. The lowest BCUT2D eigenvalue weighted by Crippen LogP contribution is -2.33. The van der Waals surface area contributed by atoms with E-state index >= 15 is 0 Å². The zero-order chi connectivity index (χ0) is 13.8. The Morgan fingerprint density at radius 2 is 2.11 bits per heavy atom. The molecule has 3 unspecified atom stereocenters. The van der Waals surface area contributed by atoms with Crippen LogP contribution in [-0.2, 0) is 0 Å². The summed E-state index contributed by atoms with van der Waals surface area (Å²) >= 11 is 0. The summed E-state index contributed by atoms with van der Waals surface area (Å²) in [6.45, 7) is 4.61. The van der Waals surface area contributed by atoms with E-state index in [2.05, 4.69) is 25.2 Å². The van der Waals surface area contributed by atoms with Gasteiger partial charge in [0, 0.05) is 12.1 Å². The molecule has 1 aromatic carbocycles. The lowest BCUT2D eigenvalue weighted by Gasteiger charge is -2.34. The van der Waals surface area contributed by atoms with E-state index in [0.29, 0.717) is 17.5 Å². The molecule has 19 heavy (non-hydrogen) atoms. The Bertz CT molecular complexity index is 478. The second-order valence-corrected chi connectivity index (χ2v) is 5.67. The predicted octanol–water partition coefficient (Wildman–Crippen LogP) is 3.80. The molecular formula is C16H22N2O. The molecule has 0 aromatic heterocycles. The third-order valence-electron chi connectivity index (χ3n) is 4.12. The van der Waals surface area contributed by atoms with E-state index in [1.165, 1.54) is 19.3 Å². The lowest BCUT2D eigenvalue weighted by atomic mass is 9.80.